The van der Waals surface area contributed by atoms with E-state index in [1.807, 2.05) is 30.3 Å². The molecule has 18 heavy (non-hydrogen) atoms. The molecule has 1 amide bonds. The van der Waals surface area contributed by atoms with Gasteiger partial charge in [-0.15, -0.1) is 0 Å². The van der Waals surface area contributed by atoms with Crippen molar-refractivity contribution in [2.75, 3.05) is 6.54 Å². The van der Waals surface area contributed by atoms with E-state index in [2.05, 4.69) is 6.58 Å². The number of hydrogen-bond donors (Lipinski definition) is 1. The highest BCUT2D eigenvalue weighted by Crippen LogP contribution is 2.38. The van der Waals surface area contributed by atoms with Gasteiger partial charge in [0.25, 0.3) is 5.91 Å². The zero-order chi connectivity index (χ0) is 12.7. The molecule has 1 N–H and O–H groups in total. The van der Waals surface area contributed by atoms with Crippen LogP contribution in [0, 0.1) is 5.92 Å². The molecule has 0 spiro atoms. The van der Waals surface area contributed by atoms with Crippen molar-refractivity contribution in [2.24, 2.45) is 5.92 Å². The lowest BCUT2D eigenvalue weighted by Gasteiger charge is -2.49. The van der Waals surface area contributed by atoms with E-state index >= 15 is 0 Å². The number of aliphatic hydroxyl groups excluding tert-OH is 1. The molecule has 1 aliphatic carbocycles. The minimum Gasteiger partial charge on any atom is -0.391 e. The van der Waals surface area contributed by atoms with Crippen LogP contribution >= 0.6 is 0 Å². The first-order valence-electron chi connectivity index (χ1n) is 6.38. The SMILES string of the molecule is C=C1C[C@@H]2C[C@H](O)[C@H]1N(C(=O)c1ccccc1)C2. The van der Waals surface area contributed by atoms with Crippen molar-refractivity contribution < 1.29 is 9.90 Å². The van der Waals surface area contributed by atoms with Crippen molar-refractivity contribution in [2.45, 2.75) is 25.0 Å². The smallest absolute Gasteiger partial charge is 0.254 e. The third-order valence-electron chi connectivity index (χ3n) is 3.98. The van der Waals surface area contributed by atoms with Crippen LogP contribution in [-0.4, -0.2) is 34.6 Å². The fraction of sp³-hybridized carbons (Fsp3) is 0.400. The molecular formula is C15H17NO2. The Morgan fingerprint density at radius 3 is 2.67 bits per heavy atom. The van der Waals surface area contributed by atoms with E-state index in [4.69, 9.17) is 0 Å². The van der Waals surface area contributed by atoms with Crippen LogP contribution < -0.4 is 0 Å². The second-order valence-corrected chi connectivity index (χ2v) is 5.30. The summed E-state index contributed by atoms with van der Waals surface area (Å²) in [5.41, 5.74) is 1.68. The summed E-state index contributed by atoms with van der Waals surface area (Å²) in [6.45, 7) is 4.76. The molecule has 4 rings (SSSR count). The topological polar surface area (TPSA) is 40.5 Å². The molecule has 3 aliphatic rings. The van der Waals surface area contributed by atoms with Gasteiger partial charge in [0.1, 0.15) is 0 Å². The van der Waals surface area contributed by atoms with E-state index < -0.39 is 6.10 Å². The van der Waals surface area contributed by atoms with Crippen LogP contribution in [0.15, 0.2) is 42.5 Å². The molecule has 2 aliphatic heterocycles. The number of carbonyl (C=O) groups is 1. The second-order valence-electron chi connectivity index (χ2n) is 5.30. The van der Waals surface area contributed by atoms with Gasteiger partial charge >= 0.3 is 0 Å². The zero-order valence-corrected chi connectivity index (χ0v) is 10.2. The van der Waals surface area contributed by atoms with Crippen molar-refractivity contribution in [1.29, 1.82) is 0 Å². The van der Waals surface area contributed by atoms with Gasteiger partial charge in [-0.05, 0) is 30.9 Å². The highest BCUT2D eigenvalue weighted by atomic mass is 16.3. The molecule has 2 saturated heterocycles. The number of carbonyl (C=O) groups excluding carboxylic acids is 1. The number of nitrogens with zero attached hydrogens (tertiary/aromatic N) is 1. The molecule has 1 aromatic carbocycles. The maximum atomic E-state index is 12.5. The fourth-order valence-corrected chi connectivity index (χ4v) is 3.23. The normalized spacial score (nSPS) is 30.6. The number of amides is 1. The van der Waals surface area contributed by atoms with Gasteiger partial charge in [0.15, 0.2) is 0 Å². The molecule has 0 radical (unpaired) electrons. The van der Waals surface area contributed by atoms with Crippen molar-refractivity contribution in [1.82, 2.24) is 4.90 Å². The van der Waals surface area contributed by atoms with E-state index in [0.29, 0.717) is 11.5 Å². The van der Waals surface area contributed by atoms with Gasteiger partial charge in [-0.3, -0.25) is 4.79 Å². The monoisotopic (exact) mass is 243 g/mol. The fourth-order valence-electron chi connectivity index (χ4n) is 3.23. The van der Waals surface area contributed by atoms with Gasteiger partial charge in [-0.2, -0.15) is 0 Å². The van der Waals surface area contributed by atoms with Crippen LogP contribution in [0.3, 0.4) is 0 Å². The van der Waals surface area contributed by atoms with Crippen LogP contribution in [0.4, 0.5) is 0 Å². The lowest BCUT2D eigenvalue weighted by Crippen LogP contribution is -2.58. The third kappa shape index (κ3) is 1.75. The Bertz CT molecular complexity index is 483. The number of aliphatic hydroxyl groups is 1. The number of benzene rings is 1. The Kier molecular flexibility index (Phi) is 2.71. The standard InChI is InChI=1S/C15H17NO2/c1-10-7-11-8-13(17)14(10)16(9-11)15(18)12-5-3-2-4-6-12/h2-6,11,13-14,17H,1,7-9H2/t11-,13+,14+/m1/s1. The number of fused-ring (bicyclic) bond motifs is 3. The Morgan fingerprint density at radius 2 is 2.06 bits per heavy atom. The van der Waals surface area contributed by atoms with Crippen molar-refractivity contribution >= 4 is 5.91 Å². The molecule has 3 atom stereocenters. The summed E-state index contributed by atoms with van der Waals surface area (Å²) in [6, 6.07) is 9.07. The highest BCUT2D eigenvalue weighted by Gasteiger charge is 2.44. The second kappa shape index (κ2) is 4.25. The molecule has 3 fully saturated rings. The Balaban J connectivity index is 1.89. The van der Waals surface area contributed by atoms with E-state index in [9.17, 15) is 9.90 Å². The molecule has 2 heterocycles. The predicted molar refractivity (Wildman–Crippen MR) is 69.1 cm³/mol. The molecule has 3 heteroatoms. The first-order valence-corrected chi connectivity index (χ1v) is 6.38. The quantitative estimate of drug-likeness (QED) is 0.765. The Hall–Kier alpha value is -1.61. The van der Waals surface area contributed by atoms with E-state index in [1.54, 1.807) is 4.90 Å². The summed E-state index contributed by atoms with van der Waals surface area (Å²) in [5.74, 6) is 0.371. The first kappa shape index (κ1) is 11.5. The minimum absolute atomic E-state index is 0.00481. The molecule has 0 unspecified atom stereocenters. The van der Waals surface area contributed by atoms with Crippen molar-refractivity contribution in [3.8, 4) is 0 Å². The summed E-state index contributed by atoms with van der Waals surface area (Å²) in [6.07, 6.45) is 1.29. The van der Waals surface area contributed by atoms with E-state index in [-0.39, 0.29) is 11.9 Å². The lowest BCUT2D eigenvalue weighted by molar-refractivity contribution is -0.0153. The van der Waals surface area contributed by atoms with E-state index in [0.717, 1.165) is 25.0 Å². The number of piperidine rings is 2. The average Bonchev–Trinajstić information content (AvgIpc) is 2.38. The van der Waals surface area contributed by atoms with Gasteiger partial charge in [0.2, 0.25) is 0 Å². The Labute approximate surface area is 107 Å². The summed E-state index contributed by atoms with van der Waals surface area (Å²) >= 11 is 0. The molecule has 1 saturated carbocycles. The summed E-state index contributed by atoms with van der Waals surface area (Å²) in [7, 11) is 0. The maximum Gasteiger partial charge on any atom is 0.254 e. The van der Waals surface area contributed by atoms with E-state index in [1.165, 1.54) is 0 Å². The van der Waals surface area contributed by atoms with Crippen LogP contribution in [-0.2, 0) is 0 Å². The summed E-state index contributed by atoms with van der Waals surface area (Å²) in [5, 5.41) is 10.1. The Morgan fingerprint density at radius 1 is 1.33 bits per heavy atom. The van der Waals surface area contributed by atoms with Gasteiger partial charge in [0.05, 0.1) is 12.1 Å². The first-order chi connectivity index (χ1) is 8.66. The average molecular weight is 243 g/mol. The van der Waals surface area contributed by atoms with Gasteiger partial charge in [-0.25, -0.2) is 0 Å². The van der Waals surface area contributed by atoms with Crippen LogP contribution in [0.1, 0.15) is 23.2 Å². The number of hydrogen-bond acceptors (Lipinski definition) is 2. The molecule has 1 aromatic rings. The third-order valence-corrected chi connectivity index (χ3v) is 3.98. The predicted octanol–water partition coefficient (Wildman–Crippen LogP) is 1.84. The minimum atomic E-state index is -0.447. The largest absolute Gasteiger partial charge is 0.391 e. The molecule has 2 bridgehead atoms. The lowest BCUT2D eigenvalue weighted by atomic mass is 9.75. The molecule has 0 aromatic heterocycles. The van der Waals surface area contributed by atoms with Crippen LogP contribution in [0.25, 0.3) is 0 Å². The van der Waals surface area contributed by atoms with Gasteiger partial charge < -0.3 is 10.0 Å². The van der Waals surface area contributed by atoms with Crippen LogP contribution in [0.2, 0.25) is 0 Å². The van der Waals surface area contributed by atoms with Crippen molar-refractivity contribution in [3.05, 3.63) is 48.0 Å². The molecular weight excluding hydrogens is 226 g/mol. The van der Waals surface area contributed by atoms with Gasteiger partial charge in [-0.1, -0.05) is 30.4 Å². The van der Waals surface area contributed by atoms with Crippen LogP contribution in [0.5, 0.6) is 0 Å². The zero-order valence-electron chi connectivity index (χ0n) is 10.2. The summed E-state index contributed by atoms with van der Waals surface area (Å²) < 4.78 is 0. The molecule has 3 nitrogen and oxygen atoms in total. The summed E-state index contributed by atoms with van der Waals surface area (Å²) in [4.78, 5) is 14.2. The van der Waals surface area contributed by atoms with Gasteiger partial charge in [0, 0.05) is 12.1 Å². The van der Waals surface area contributed by atoms with Crippen molar-refractivity contribution in [3.63, 3.8) is 0 Å². The number of rotatable bonds is 1. The molecule has 94 valence electrons. The maximum absolute atomic E-state index is 12.5. The highest BCUT2D eigenvalue weighted by molar-refractivity contribution is 5.94.